The number of aliphatic hydroxyl groups is 1. The molecule has 1 aliphatic heterocycles. The quantitative estimate of drug-likeness (QED) is 0.630. The molecular formula is C14H18N2O4. The summed E-state index contributed by atoms with van der Waals surface area (Å²) < 4.78 is 0. The molecule has 0 fully saturated rings. The van der Waals surface area contributed by atoms with Gasteiger partial charge in [-0.15, -0.1) is 0 Å². The Labute approximate surface area is 116 Å². The molecule has 0 spiro atoms. The lowest BCUT2D eigenvalue weighted by atomic mass is 9.99. The standard InChI is InChI=1S/C14H18N2O4/c1-14(20,6-12(17)18)8-16-13(19)10-7-15-11-5-3-2-4-9(10)11/h2-5,10,15,20H,6-8H2,1H3,(H,16,19)(H,17,18). The molecule has 20 heavy (non-hydrogen) atoms. The number of fused-ring (bicyclic) bond motifs is 1. The van der Waals surface area contributed by atoms with E-state index in [2.05, 4.69) is 10.6 Å². The monoisotopic (exact) mass is 278 g/mol. The minimum absolute atomic E-state index is 0.0865. The number of carbonyl (C=O) groups is 2. The largest absolute Gasteiger partial charge is 0.481 e. The normalized spacial score (nSPS) is 19.6. The van der Waals surface area contributed by atoms with Crippen LogP contribution in [0.15, 0.2) is 24.3 Å². The summed E-state index contributed by atoms with van der Waals surface area (Å²) in [7, 11) is 0. The van der Waals surface area contributed by atoms with Crippen LogP contribution in [-0.2, 0) is 9.59 Å². The number of para-hydroxylation sites is 1. The number of hydrogen-bond acceptors (Lipinski definition) is 4. The molecule has 1 aliphatic rings. The summed E-state index contributed by atoms with van der Waals surface area (Å²) in [5.74, 6) is -1.63. The van der Waals surface area contributed by atoms with E-state index in [1.807, 2.05) is 24.3 Å². The van der Waals surface area contributed by atoms with E-state index in [-0.39, 0.29) is 18.4 Å². The van der Waals surface area contributed by atoms with Crippen molar-refractivity contribution in [3.8, 4) is 0 Å². The maximum atomic E-state index is 12.1. The number of amides is 1. The van der Waals surface area contributed by atoms with E-state index < -0.39 is 18.0 Å². The van der Waals surface area contributed by atoms with Gasteiger partial charge in [0.15, 0.2) is 0 Å². The first-order chi connectivity index (χ1) is 9.39. The maximum absolute atomic E-state index is 12.1. The van der Waals surface area contributed by atoms with Crippen molar-refractivity contribution in [1.82, 2.24) is 5.32 Å². The first kappa shape index (κ1) is 14.3. The highest BCUT2D eigenvalue weighted by Crippen LogP contribution is 2.31. The van der Waals surface area contributed by atoms with Crippen LogP contribution in [0.5, 0.6) is 0 Å². The summed E-state index contributed by atoms with van der Waals surface area (Å²) >= 11 is 0. The van der Waals surface area contributed by atoms with Gasteiger partial charge in [-0.3, -0.25) is 9.59 Å². The van der Waals surface area contributed by atoms with E-state index in [1.165, 1.54) is 6.92 Å². The summed E-state index contributed by atoms with van der Waals surface area (Å²) in [4.78, 5) is 22.7. The zero-order valence-electron chi connectivity index (χ0n) is 11.2. The SMILES string of the molecule is CC(O)(CNC(=O)C1CNc2ccccc21)CC(=O)O. The summed E-state index contributed by atoms with van der Waals surface area (Å²) in [6.07, 6.45) is -0.410. The Morgan fingerprint density at radius 3 is 2.85 bits per heavy atom. The number of anilines is 1. The van der Waals surface area contributed by atoms with Gasteiger partial charge in [0.2, 0.25) is 5.91 Å². The van der Waals surface area contributed by atoms with Crippen LogP contribution in [0.4, 0.5) is 5.69 Å². The van der Waals surface area contributed by atoms with Crippen LogP contribution in [-0.4, -0.2) is 40.8 Å². The number of carbonyl (C=O) groups excluding carboxylic acids is 1. The van der Waals surface area contributed by atoms with Gasteiger partial charge >= 0.3 is 5.97 Å². The lowest BCUT2D eigenvalue weighted by Gasteiger charge is -2.22. The fraction of sp³-hybridized carbons (Fsp3) is 0.429. The van der Waals surface area contributed by atoms with Gasteiger partial charge in [-0.1, -0.05) is 18.2 Å². The van der Waals surface area contributed by atoms with E-state index in [1.54, 1.807) is 0 Å². The van der Waals surface area contributed by atoms with E-state index in [0.717, 1.165) is 11.3 Å². The van der Waals surface area contributed by atoms with Crippen LogP contribution in [0.2, 0.25) is 0 Å². The molecule has 1 amide bonds. The van der Waals surface area contributed by atoms with E-state index >= 15 is 0 Å². The van der Waals surface area contributed by atoms with Gasteiger partial charge < -0.3 is 20.8 Å². The molecule has 0 saturated heterocycles. The van der Waals surface area contributed by atoms with Crippen molar-refractivity contribution >= 4 is 17.6 Å². The highest BCUT2D eigenvalue weighted by Gasteiger charge is 2.30. The molecule has 0 aliphatic carbocycles. The van der Waals surface area contributed by atoms with Gasteiger partial charge in [-0.25, -0.2) is 0 Å². The Hall–Kier alpha value is -2.08. The first-order valence-electron chi connectivity index (χ1n) is 6.44. The second-order valence-electron chi connectivity index (χ2n) is 5.31. The first-order valence-corrected chi connectivity index (χ1v) is 6.44. The number of benzene rings is 1. The number of carboxylic acid groups (broad SMARTS) is 1. The minimum Gasteiger partial charge on any atom is -0.481 e. The van der Waals surface area contributed by atoms with Crippen LogP contribution in [0.3, 0.4) is 0 Å². The van der Waals surface area contributed by atoms with Crippen molar-refractivity contribution in [2.45, 2.75) is 24.9 Å². The Balaban J connectivity index is 1.95. The van der Waals surface area contributed by atoms with Crippen LogP contribution >= 0.6 is 0 Å². The Morgan fingerprint density at radius 1 is 1.45 bits per heavy atom. The fourth-order valence-corrected chi connectivity index (χ4v) is 2.31. The fourth-order valence-electron chi connectivity index (χ4n) is 2.31. The molecule has 6 nitrogen and oxygen atoms in total. The molecule has 0 radical (unpaired) electrons. The third-order valence-electron chi connectivity index (χ3n) is 3.32. The molecule has 4 N–H and O–H groups in total. The molecular weight excluding hydrogens is 260 g/mol. The van der Waals surface area contributed by atoms with Gasteiger partial charge in [-0.2, -0.15) is 0 Å². The topological polar surface area (TPSA) is 98.7 Å². The van der Waals surface area contributed by atoms with Crippen LogP contribution in [0, 0.1) is 0 Å². The highest BCUT2D eigenvalue weighted by molar-refractivity contribution is 5.88. The molecule has 1 heterocycles. The van der Waals surface area contributed by atoms with Crippen LogP contribution in [0.25, 0.3) is 0 Å². The van der Waals surface area contributed by atoms with E-state index in [4.69, 9.17) is 5.11 Å². The zero-order chi connectivity index (χ0) is 14.8. The van der Waals surface area contributed by atoms with Gasteiger partial charge in [-0.05, 0) is 18.6 Å². The smallest absolute Gasteiger partial charge is 0.306 e. The molecule has 108 valence electrons. The Kier molecular flexibility index (Phi) is 3.94. The molecule has 2 unspecified atom stereocenters. The number of aliphatic carboxylic acids is 1. The second kappa shape index (κ2) is 5.50. The summed E-state index contributed by atoms with van der Waals surface area (Å²) in [6.45, 7) is 1.81. The predicted octanol–water partition coefficient (Wildman–Crippen LogP) is 0.538. The Morgan fingerprint density at radius 2 is 2.15 bits per heavy atom. The predicted molar refractivity (Wildman–Crippen MR) is 73.6 cm³/mol. The van der Waals surface area contributed by atoms with Gasteiger partial charge in [0.25, 0.3) is 0 Å². The van der Waals surface area contributed by atoms with Gasteiger partial charge in [0.05, 0.1) is 17.9 Å². The number of nitrogens with one attached hydrogen (secondary N) is 2. The average molecular weight is 278 g/mol. The van der Waals surface area contributed by atoms with E-state index in [0.29, 0.717) is 6.54 Å². The molecule has 0 aromatic heterocycles. The maximum Gasteiger partial charge on any atom is 0.306 e. The lowest BCUT2D eigenvalue weighted by molar-refractivity contribution is -0.142. The van der Waals surface area contributed by atoms with Crippen molar-refractivity contribution < 1.29 is 19.8 Å². The Bertz CT molecular complexity index is 528. The molecule has 0 bridgehead atoms. The van der Waals surface area contributed by atoms with Gasteiger partial charge in [0, 0.05) is 18.8 Å². The van der Waals surface area contributed by atoms with Crippen molar-refractivity contribution in [3.63, 3.8) is 0 Å². The molecule has 1 aromatic carbocycles. The summed E-state index contributed by atoms with van der Waals surface area (Å²) in [5, 5.41) is 24.3. The minimum atomic E-state index is -1.45. The van der Waals surface area contributed by atoms with Crippen molar-refractivity contribution in [2.75, 3.05) is 18.4 Å². The van der Waals surface area contributed by atoms with Crippen molar-refractivity contribution in [2.24, 2.45) is 0 Å². The summed E-state index contributed by atoms with van der Waals surface area (Å²) in [5.41, 5.74) is 0.403. The molecule has 2 rings (SSSR count). The number of rotatable bonds is 5. The lowest BCUT2D eigenvalue weighted by Crippen LogP contribution is -2.43. The van der Waals surface area contributed by atoms with Crippen molar-refractivity contribution in [3.05, 3.63) is 29.8 Å². The third-order valence-corrected chi connectivity index (χ3v) is 3.32. The third kappa shape index (κ3) is 3.27. The molecule has 0 saturated carbocycles. The number of carboxylic acids is 1. The highest BCUT2D eigenvalue weighted by atomic mass is 16.4. The molecule has 6 heteroatoms. The second-order valence-corrected chi connectivity index (χ2v) is 5.31. The molecule has 1 aromatic rings. The van der Waals surface area contributed by atoms with Crippen LogP contribution < -0.4 is 10.6 Å². The van der Waals surface area contributed by atoms with E-state index in [9.17, 15) is 14.7 Å². The van der Waals surface area contributed by atoms with Crippen molar-refractivity contribution in [1.29, 1.82) is 0 Å². The molecule has 2 atom stereocenters. The van der Waals surface area contributed by atoms with Gasteiger partial charge in [0.1, 0.15) is 0 Å². The number of hydrogen-bond donors (Lipinski definition) is 4. The summed E-state index contributed by atoms with van der Waals surface area (Å²) in [6, 6.07) is 7.55. The zero-order valence-corrected chi connectivity index (χ0v) is 11.2. The van der Waals surface area contributed by atoms with Crippen LogP contribution in [0.1, 0.15) is 24.8 Å². The average Bonchev–Trinajstić information content (AvgIpc) is 2.78.